The van der Waals surface area contributed by atoms with Crippen molar-refractivity contribution >= 4 is 30.6 Å². The van der Waals surface area contributed by atoms with Crippen LogP contribution in [0.5, 0.6) is 5.75 Å². The number of benzene rings is 1. The lowest BCUT2D eigenvalue weighted by molar-refractivity contribution is 0.461. The van der Waals surface area contributed by atoms with E-state index in [1.54, 1.807) is 13.0 Å². The maximum atomic E-state index is 11.4. The average Bonchev–Trinajstić information content (AvgIpc) is 2.42. The minimum Gasteiger partial charge on any atom is -0.507 e. The number of fused-ring (bicyclic) bond motifs is 1. The maximum absolute atomic E-state index is 11.4. The zero-order chi connectivity index (χ0) is 12.1. The van der Waals surface area contributed by atoms with Crippen LogP contribution < -0.4 is 0 Å². The van der Waals surface area contributed by atoms with Crippen molar-refractivity contribution in [2.75, 3.05) is 0 Å². The van der Waals surface area contributed by atoms with E-state index in [1.807, 2.05) is 6.92 Å². The van der Waals surface area contributed by atoms with Gasteiger partial charge in [0.15, 0.2) is 0 Å². The van der Waals surface area contributed by atoms with Gasteiger partial charge in [0.25, 0.3) is 9.05 Å². The number of aryl methyl sites for hydroxylation is 2. The topological polar surface area (TPSA) is 70.2 Å². The van der Waals surface area contributed by atoms with E-state index in [9.17, 15) is 13.5 Å². The molecule has 0 saturated carbocycles. The first-order valence-corrected chi connectivity index (χ1v) is 6.89. The number of aromatic amines is 1. The molecule has 2 rings (SSSR count). The van der Waals surface area contributed by atoms with Crippen LogP contribution in [-0.2, 0) is 9.05 Å². The number of aromatic hydroxyl groups is 1. The predicted octanol–water partition coefficient (Wildman–Crippen LogP) is 2.42. The first-order valence-electron chi connectivity index (χ1n) is 4.58. The Morgan fingerprint density at radius 2 is 1.94 bits per heavy atom. The standard InChI is InChI=1S/C10H10ClNO3S/c1-5-6(2)12-7-3-4-8(13)10(9(5)7)16(11,14)15/h3-4,12-13H,1-2H3. The lowest BCUT2D eigenvalue weighted by Gasteiger charge is -2.03. The van der Waals surface area contributed by atoms with E-state index in [0.29, 0.717) is 10.9 Å². The normalized spacial score (nSPS) is 12.2. The van der Waals surface area contributed by atoms with Gasteiger partial charge in [0.2, 0.25) is 0 Å². The summed E-state index contributed by atoms with van der Waals surface area (Å²) >= 11 is 0. The third kappa shape index (κ3) is 1.56. The SMILES string of the molecule is Cc1[nH]c2ccc(O)c(S(=O)(=O)Cl)c2c1C. The summed E-state index contributed by atoms with van der Waals surface area (Å²) in [6.07, 6.45) is 0. The molecular formula is C10H10ClNO3S. The first kappa shape index (κ1) is 11.3. The van der Waals surface area contributed by atoms with E-state index >= 15 is 0 Å². The summed E-state index contributed by atoms with van der Waals surface area (Å²) in [6, 6.07) is 2.93. The van der Waals surface area contributed by atoms with Gasteiger partial charge in [-0.25, -0.2) is 8.42 Å². The molecule has 2 N–H and O–H groups in total. The number of hydrogen-bond donors (Lipinski definition) is 2. The molecule has 2 aromatic rings. The highest BCUT2D eigenvalue weighted by atomic mass is 35.7. The van der Waals surface area contributed by atoms with Gasteiger partial charge in [-0.3, -0.25) is 0 Å². The smallest absolute Gasteiger partial charge is 0.265 e. The van der Waals surface area contributed by atoms with Crippen LogP contribution in [0.1, 0.15) is 11.3 Å². The van der Waals surface area contributed by atoms with E-state index in [1.165, 1.54) is 6.07 Å². The molecule has 0 radical (unpaired) electrons. The largest absolute Gasteiger partial charge is 0.507 e. The van der Waals surface area contributed by atoms with Crippen molar-refractivity contribution < 1.29 is 13.5 Å². The van der Waals surface area contributed by atoms with E-state index in [-0.39, 0.29) is 10.6 Å². The van der Waals surface area contributed by atoms with Crippen molar-refractivity contribution in [1.29, 1.82) is 0 Å². The summed E-state index contributed by atoms with van der Waals surface area (Å²) in [5.74, 6) is -0.329. The number of aromatic nitrogens is 1. The van der Waals surface area contributed by atoms with Crippen molar-refractivity contribution in [2.45, 2.75) is 18.7 Å². The van der Waals surface area contributed by atoms with Crippen molar-refractivity contribution in [2.24, 2.45) is 0 Å². The number of phenolic OH excluding ortho intramolecular Hbond substituents is 1. The van der Waals surface area contributed by atoms with Gasteiger partial charge in [-0.1, -0.05) is 0 Å². The van der Waals surface area contributed by atoms with Gasteiger partial charge in [0.05, 0.1) is 0 Å². The van der Waals surface area contributed by atoms with Crippen LogP contribution in [0.3, 0.4) is 0 Å². The molecule has 0 bridgehead atoms. The van der Waals surface area contributed by atoms with Crippen molar-refractivity contribution in [1.82, 2.24) is 4.98 Å². The maximum Gasteiger partial charge on any atom is 0.265 e. The third-order valence-corrected chi connectivity index (χ3v) is 4.00. The minimum absolute atomic E-state index is 0.228. The Morgan fingerprint density at radius 3 is 2.50 bits per heavy atom. The van der Waals surface area contributed by atoms with Gasteiger partial charge in [-0.2, -0.15) is 0 Å². The summed E-state index contributed by atoms with van der Waals surface area (Å²) in [4.78, 5) is 2.80. The fourth-order valence-electron chi connectivity index (χ4n) is 1.78. The highest BCUT2D eigenvalue weighted by Gasteiger charge is 2.22. The van der Waals surface area contributed by atoms with Crippen LogP contribution in [0, 0.1) is 13.8 Å². The fourth-order valence-corrected chi connectivity index (χ4v) is 3.07. The lowest BCUT2D eigenvalue weighted by Crippen LogP contribution is -1.93. The van der Waals surface area contributed by atoms with E-state index < -0.39 is 9.05 Å². The van der Waals surface area contributed by atoms with Gasteiger partial charge in [0.1, 0.15) is 10.6 Å². The van der Waals surface area contributed by atoms with E-state index in [4.69, 9.17) is 10.7 Å². The van der Waals surface area contributed by atoms with E-state index in [2.05, 4.69) is 4.98 Å². The van der Waals surface area contributed by atoms with Crippen molar-refractivity contribution in [3.8, 4) is 5.75 Å². The highest BCUT2D eigenvalue weighted by molar-refractivity contribution is 8.14. The van der Waals surface area contributed by atoms with Gasteiger partial charge in [-0.05, 0) is 31.5 Å². The van der Waals surface area contributed by atoms with E-state index in [0.717, 1.165) is 11.3 Å². The van der Waals surface area contributed by atoms with Crippen molar-refractivity contribution in [3.63, 3.8) is 0 Å². The molecule has 1 aromatic heterocycles. The zero-order valence-electron chi connectivity index (χ0n) is 8.70. The number of nitrogens with one attached hydrogen (secondary N) is 1. The number of H-pyrrole nitrogens is 1. The molecule has 0 spiro atoms. The van der Waals surface area contributed by atoms with Gasteiger partial charge >= 0.3 is 0 Å². The molecule has 0 saturated heterocycles. The second-order valence-corrected chi connectivity index (χ2v) is 6.15. The Morgan fingerprint density at radius 1 is 1.31 bits per heavy atom. The number of rotatable bonds is 1. The van der Waals surface area contributed by atoms with Crippen LogP contribution in [0.15, 0.2) is 17.0 Å². The molecular weight excluding hydrogens is 250 g/mol. The van der Waals surface area contributed by atoms with Gasteiger partial charge < -0.3 is 10.1 Å². The Labute approximate surface area is 97.3 Å². The predicted molar refractivity (Wildman–Crippen MR) is 62.5 cm³/mol. The Hall–Kier alpha value is -1.20. The Balaban J connectivity index is 3.06. The lowest BCUT2D eigenvalue weighted by atomic mass is 10.1. The molecule has 0 unspecified atom stereocenters. The van der Waals surface area contributed by atoms with Crippen LogP contribution in [0.4, 0.5) is 0 Å². The second-order valence-electron chi connectivity index (χ2n) is 3.65. The molecule has 0 fully saturated rings. The Kier molecular flexibility index (Phi) is 2.40. The first-order chi connectivity index (χ1) is 7.32. The van der Waals surface area contributed by atoms with Crippen molar-refractivity contribution in [3.05, 3.63) is 23.4 Å². The van der Waals surface area contributed by atoms with Gasteiger partial charge in [0, 0.05) is 27.3 Å². The molecule has 0 aliphatic heterocycles. The fraction of sp³-hybridized carbons (Fsp3) is 0.200. The molecule has 0 aliphatic rings. The summed E-state index contributed by atoms with van der Waals surface area (Å²) in [5, 5.41) is 10.1. The molecule has 4 nitrogen and oxygen atoms in total. The minimum atomic E-state index is -3.97. The van der Waals surface area contributed by atoms with Crippen LogP contribution in [0.2, 0.25) is 0 Å². The van der Waals surface area contributed by atoms with Gasteiger partial charge in [-0.15, -0.1) is 0 Å². The quantitative estimate of drug-likeness (QED) is 0.773. The van der Waals surface area contributed by atoms with Crippen LogP contribution >= 0.6 is 10.7 Å². The molecule has 0 aliphatic carbocycles. The third-order valence-electron chi connectivity index (χ3n) is 2.64. The Bertz CT molecular complexity index is 673. The highest BCUT2D eigenvalue weighted by Crippen LogP contribution is 2.36. The zero-order valence-corrected chi connectivity index (χ0v) is 10.3. The number of phenols is 1. The van der Waals surface area contributed by atoms with Crippen LogP contribution in [-0.4, -0.2) is 18.5 Å². The second kappa shape index (κ2) is 3.40. The molecule has 16 heavy (non-hydrogen) atoms. The number of halogens is 1. The summed E-state index contributed by atoms with van der Waals surface area (Å²) in [7, 11) is 1.36. The molecule has 1 aromatic carbocycles. The monoisotopic (exact) mass is 259 g/mol. The number of hydrogen-bond acceptors (Lipinski definition) is 3. The molecule has 0 amide bonds. The molecule has 6 heteroatoms. The average molecular weight is 260 g/mol. The van der Waals surface area contributed by atoms with Crippen LogP contribution in [0.25, 0.3) is 10.9 Å². The summed E-state index contributed by atoms with van der Waals surface area (Å²) < 4.78 is 22.8. The molecule has 0 atom stereocenters. The molecule has 86 valence electrons. The summed E-state index contributed by atoms with van der Waals surface area (Å²) in [6.45, 7) is 3.61. The molecule has 1 heterocycles. The summed E-state index contributed by atoms with van der Waals surface area (Å²) in [5.41, 5.74) is 2.26.